The fourth-order valence-electron chi connectivity index (χ4n) is 4.65. The van der Waals surface area contributed by atoms with Crippen LogP contribution in [0.15, 0.2) is 72.1 Å². The summed E-state index contributed by atoms with van der Waals surface area (Å²) in [6, 6.07) is 18.1. The van der Waals surface area contributed by atoms with Crippen molar-refractivity contribution in [2.24, 2.45) is 0 Å². The van der Waals surface area contributed by atoms with Crippen LogP contribution in [0.1, 0.15) is 37.8 Å². The maximum atomic E-state index is 13.4. The van der Waals surface area contributed by atoms with Gasteiger partial charge in [0.1, 0.15) is 5.65 Å². The maximum absolute atomic E-state index is 13.4. The van der Waals surface area contributed by atoms with E-state index in [1.165, 1.54) is 31.0 Å². The first-order valence-corrected chi connectivity index (χ1v) is 12.5. The number of nitrogens with zero attached hydrogens (tertiary/aromatic N) is 5. The Morgan fingerprint density at radius 2 is 1.82 bits per heavy atom. The summed E-state index contributed by atoms with van der Waals surface area (Å²) in [4.78, 5) is 29.2. The van der Waals surface area contributed by atoms with Gasteiger partial charge in [0, 0.05) is 24.1 Å². The van der Waals surface area contributed by atoms with E-state index in [2.05, 4.69) is 9.97 Å². The van der Waals surface area contributed by atoms with Crippen LogP contribution in [0.2, 0.25) is 0 Å². The van der Waals surface area contributed by atoms with Gasteiger partial charge < -0.3 is 4.90 Å². The van der Waals surface area contributed by atoms with Gasteiger partial charge in [-0.15, -0.1) is 0 Å². The molecule has 0 saturated heterocycles. The van der Waals surface area contributed by atoms with Gasteiger partial charge in [0.25, 0.3) is 0 Å². The Balaban J connectivity index is 1.36. The molecule has 1 saturated carbocycles. The summed E-state index contributed by atoms with van der Waals surface area (Å²) in [5, 5.41) is 0.600. The Labute approximate surface area is 198 Å². The molecule has 7 heteroatoms. The molecule has 1 amide bonds. The number of hydrogen-bond acceptors (Lipinski definition) is 5. The Bertz CT molecular complexity index is 1250. The number of carbonyl (C=O) groups is 1. The second-order valence-electron chi connectivity index (χ2n) is 8.38. The standard InChI is InChI=1S/C26H27N5OS/c1-19-25(30-17-9-8-14-23(30)28-19)22-15-16-27-26(29-22)33-18-24(32)31(20-10-4-2-5-11-20)21-12-6-3-7-13-21/h2,4-5,8-11,14-17,21H,3,6-7,12-13,18H2,1H3. The Morgan fingerprint density at radius 1 is 1.03 bits per heavy atom. The van der Waals surface area contributed by atoms with Gasteiger partial charge in [-0.25, -0.2) is 15.0 Å². The van der Waals surface area contributed by atoms with Gasteiger partial charge in [0.05, 0.1) is 22.8 Å². The van der Waals surface area contributed by atoms with Gasteiger partial charge in [-0.2, -0.15) is 0 Å². The Hall–Kier alpha value is -3.19. The molecule has 0 unspecified atom stereocenters. The third-order valence-electron chi connectivity index (χ3n) is 6.15. The first-order chi connectivity index (χ1) is 16.2. The number of pyridine rings is 1. The molecule has 1 aliphatic rings. The normalized spacial score (nSPS) is 14.5. The number of rotatable bonds is 6. The molecule has 0 aliphatic heterocycles. The van der Waals surface area contributed by atoms with Crippen molar-refractivity contribution in [1.29, 1.82) is 0 Å². The van der Waals surface area contributed by atoms with Crippen molar-refractivity contribution in [3.05, 3.63) is 72.7 Å². The van der Waals surface area contributed by atoms with Gasteiger partial charge in [-0.05, 0) is 50.1 Å². The van der Waals surface area contributed by atoms with Crippen molar-refractivity contribution in [1.82, 2.24) is 19.4 Å². The van der Waals surface area contributed by atoms with E-state index in [4.69, 9.17) is 4.98 Å². The predicted molar refractivity (Wildman–Crippen MR) is 132 cm³/mol. The second kappa shape index (κ2) is 9.75. The number of carbonyl (C=O) groups excluding carboxylic acids is 1. The summed E-state index contributed by atoms with van der Waals surface area (Å²) in [6.07, 6.45) is 9.48. The minimum Gasteiger partial charge on any atom is -0.309 e. The van der Waals surface area contributed by atoms with Crippen LogP contribution in [-0.2, 0) is 4.79 Å². The molecule has 0 bridgehead atoms. The summed E-state index contributed by atoms with van der Waals surface area (Å²) in [5.74, 6) is 0.416. The van der Waals surface area contributed by atoms with Crippen LogP contribution in [0.4, 0.5) is 5.69 Å². The zero-order valence-corrected chi connectivity index (χ0v) is 19.5. The lowest BCUT2D eigenvalue weighted by Gasteiger charge is -2.34. The molecule has 5 rings (SSSR count). The number of thioether (sulfide) groups is 1. The molecule has 3 heterocycles. The molecular formula is C26H27N5OS. The highest BCUT2D eigenvalue weighted by Gasteiger charge is 2.27. The van der Waals surface area contributed by atoms with E-state index in [1.54, 1.807) is 6.20 Å². The topological polar surface area (TPSA) is 63.4 Å². The fraction of sp³-hybridized carbons (Fsp3) is 0.308. The van der Waals surface area contributed by atoms with Crippen molar-refractivity contribution >= 4 is 29.0 Å². The number of para-hydroxylation sites is 1. The van der Waals surface area contributed by atoms with Crippen LogP contribution in [0, 0.1) is 6.92 Å². The van der Waals surface area contributed by atoms with Crippen LogP contribution in [0.3, 0.4) is 0 Å². The number of hydrogen-bond donors (Lipinski definition) is 0. The lowest BCUT2D eigenvalue weighted by atomic mass is 9.93. The smallest absolute Gasteiger partial charge is 0.237 e. The SMILES string of the molecule is Cc1nc2ccccn2c1-c1ccnc(SCC(=O)N(c2ccccc2)C2CCCCC2)n1. The Morgan fingerprint density at radius 3 is 2.64 bits per heavy atom. The average molecular weight is 458 g/mol. The lowest BCUT2D eigenvalue weighted by molar-refractivity contribution is -0.116. The monoisotopic (exact) mass is 457 g/mol. The molecule has 0 N–H and O–H groups in total. The molecule has 1 aromatic carbocycles. The van der Waals surface area contributed by atoms with E-state index < -0.39 is 0 Å². The number of anilines is 1. The van der Waals surface area contributed by atoms with E-state index in [9.17, 15) is 4.79 Å². The highest BCUT2D eigenvalue weighted by Crippen LogP contribution is 2.29. The van der Waals surface area contributed by atoms with Crippen LogP contribution in [0.25, 0.3) is 17.0 Å². The maximum Gasteiger partial charge on any atom is 0.237 e. The quantitative estimate of drug-likeness (QED) is 0.280. The molecule has 168 valence electrons. The first kappa shape index (κ1) is 21.6. The molecule has 0 spiro atoms. The molecule has 0 atom stereocenters. The molecule has 1 aliphatic carbocycles. The van der Waals surface area contributed by atoms with Gasteiger partial charge in [0.15, 0.2) is 5.16 Å². The minimum absolute atomic E-state index is 0.109. The summed E-state index contributed by atoms with van der Waals surface area (Å²) < 4.78 is 2.04. The van der Waals surface area contributed by atoms with Gasteiger partial charge in [-0.3, -0.25) is 9.20 Å². The van der Waals surface area contributed by atoms with Crippen LogP contribution >= 0.6 is 11.8 Å². The molecule has 3 aromatic heterocycles. The predicted octanol–water partition coefficient (Wildman–Crippen LogP) is 5.56. The van der Waals surface area contributed by atoms with E-state index in [0.29, 0.717) is 10.9 Å². The number of imidazole rings is 1. The largest absolute Gasteiger partial charge is 0.309 e. The molecule has 6 nitrogen and oxygen atoms in total. The first-order valence-electron chi connectivity index (χ1n) is 11.5. The van der Waals surface area contributed by atoms with E-state index in [0.717, 1.165) is 41.3 Å². The van der Waals surface area contributed by atoms with Crippen molar-refractivity contribution < 1.29 is 4.79 Å². The Kier molecular flexibility index (Phi) is 6.39. The van der Waals surface area contributed by atoms with E-state index >= 15 is 0 Å². The zero-order chi connectivity index (χ0) is 22.6. The third kappa shape index (κ3) is 4.64. The second-order valence-corrected chi connectivity index (χ2v) is 9.32. The molecule has 33 heavy (non-hydrogen) atoms. The van der Waals surface area contributed by atoms with Crippen molar-refractivity contribution in [3.8, 4) is 11.4 Å². The molecule has 4 aromatic rings. The summed E-state index contributed by atoms with van der Waals surface area (Å²) in [7, 11) is 0. The van der Waals surface area contributed by atoms with Crippen molar-refractivity contribution in [3.63, 3.8) is 0 Å². The van der Waals surface area contributed by atoms with Crippen LogP contribution in [0.5, 0.6) is 0 Å². The lowest BCUT2D eigenvalue weighted by Crippen LogP contribution is -2.42. The van der Waals surface area contributed by atoms with Crippen LogP contribution in [-0.4, -0.2) is 37.1 Å². The minimum atomic E-state index is 0.109. The van der Waals surface area contributed by atoms with E-state index in [1.807, 2.05) is 77.0 Å². The van der Waals surface area contributed by atoms with Crippen LogP contribution < -0.4 is 4.90 Å². The zero-order valence-electron chi connectivity index (χ0n) is 18.7. The highest BCUT2D eigenvalue weighted by atomic mass is 32.2. The van der Waals surface area contributed by atoms with Crippen molar-refractivity contribution in [2.45, 2.75) is 50.2 Å². The number of amides is 1. The van der Waals surface area contributed by atoms with Gasteiger partial charge in [-0.1, -0.05) is 55.3 Å². The molecule has 0 radical (unpaired) electrons. The summed E-state index contributed by atoms with van der Waals surface area (Å²) >= 11 is 1.40. The van der Waals surface area contributed by atoms with E-state index in [-0.39, 0.29) is 11.9 Å². The summed E-state index contributed by atoms with van der Waals surface area (Å²) in [6.45, 7) is 1.99. The van der Waals surface area contributed by atoms with Gasteiger partial charge >= 0.3 is 0 Å². The molecule has 1 fully saturated rings. The fourth-order valence-corrected chi connectivity index (χ4v) is 5.34. The third-order valence-corrected chi connectivity index (χ3v) is 6.99. The number of aryl methyl sites for hydroxylation is 1. The average Bonchev–Trinajstić information content (AvgIpc) is 3.20. The van der Waals surface area contributed by atoms with Gasteiger partial charge in [0.2, 0.25) is 5.91 Å². The molecular weight excluding hydrogens is 430 g/mol. The summed E-state index contributed by atoms with van der Waals surface area (Å²) in [5.41, 5.74) is 4.54. The van der Waals surface area contributed by atoms with Crippen molar-refractivity contribution in [2.75, 3.05) is 10.7 Å². The number of benzene rings is 1. The highest BCUT2D eigenvalue weighted by molar-refractivity contribution is 7.99. The number of aromatic nitrogens is 4. The number of fused-ring (bicyclic) bond motifs is 1.